The first kappa shape index (κ1) is 13.2. The number of aliphatic imine (C=N–C) groups is 1. The lowest BCUT2D eigenvalue weighted by molar-refractivity contribution is 0.0976. The normalized spacial score (nSPS) is 9.79. The zero-order chi connectivity index (χ0) is 11.0. The Balaban J connectivity index is 3.80. The smallest absolute Gasteiger partial charge is 0.195 e. The number of nitrogens with zero attached hydrogens (tertiary/aromatic N) is 3. The first-order valence-corrected chi connectivity index (χ1v) is 4.67. The van der Waals surface area contributed by atoms with Gasteiger partial charge in [0.2, 0.25) is 0 Å². The van der Waals surface area contributed by atoms with Crippen LogP contribution in [0.4, 0.5) is 0 Å². The van der Waals surface area contributed by atoms with Crippen LogP contribution in [0.1, 0.15) is 0 Å². The summed E-state index contributed by atoms with van der Waals surface area (Å²) in [6.45, 7) is 1.62. The monoisotopic (exact) mass is 203 g/mol. The predicted molar refractivity (Wildman–Crippen MR) is 57.6 cm³/mol. The molecule has 0 radical (unpaired) electrons. The number of hydrogen-bond acceptors (Lipinski definition) is 3. The molecule has 0 bridgehead atoms. The summed E-state index contributed by atoms with van der Waals surface area (Å²) >= 11 is 0. The minimum atomic E-state index is 0.0674. The van der Waals surface area contributed by atoms with E-state index >= 15 is 0 Å². The molecule has 0 heterocycles. The van der Waals surface area contributed by atoms with E-state index in [2.05, 4.69) is 4.99 Å². The zero-order valence-electron chi connectivity index (χ0n) is 9.53. The third-order valence-corrected chi connectivity index (χ3v) is 1.52. The van der Waals surface area contributed by atoms with Gasteiger partial charge in [-0.05, 0) is 0 Å². The molecule has 0 unspecified atom stereocenters. The van der Waals surface area contributed by atoms with Gasteiger partial charge in [-0.25, -0.2) is 0 Å². The van der Waals surface area contributed by atoms with Crippen LogP contribution in [0, 0.1) is 0 Å². The topological polar surface area (TPSA) is 48.3 Å². The van der Waals surface area contributed by atoms with Gasteiger partial charge in [-0.2, -0.15) is 0 Å². The Morgan fingerprint density at radius 3 is 2.14 bits per heavy atom. The second kappa shape index (κ2) is 7.58. The fourth-order valence-corrected chi connectivity index (χ4v) is 1.06. The Labute approximate surface area is 86.0 Å². The maximum Gasteiger partial charge on any atom is 0.195 e. The SMILES string of the molecule is CN(C)C(=NCCOCCO)N(C)C. The average Bonchev–Trinajstić information content (AvgIpc) is 2.09. The average molecular weight is 203 g/mol. The second-order valence-corrected chi connectivity index (χ2v) is 3.31. The van der Waals surface area contributed by atoms with E-state index in [4.69, 9.17) is 9.84 Å². The minimum absolute atomic E-state index is 0.0674. The van der Waals surface area contributed by atoms with E-state index in [-0.39, 0.29) is 6.61 Å². The summed E-state index contributed by atoms with van der Waals surface area (Å²) in [5.41, 5.74) is 0. The molecule has 5 heteroatoms. The second-order valence-electron chi connectivity index (χ2n) is 3.31. The lowest BCUT2D eigenvalue weighted by Gasteiger charge is -2.22. The molecular weight excluding hydrogens is 182 g/mol. The largest absolute Gasteiger partial charge is 0.394 e. The van der Waals surface area contributed by atoms with Crippen molar-refractivity contribution in [2.45, 2.75) is 0 Å². The van der Waals surface area contributed by atoms with Crippen molar-refractivity contribution in [3.63, 3.8) is 0 Å². The molecule has 84 valence electrons. The van der Waals surface area contributed by atoms with Gasteiger partial charge < -0.3 is 19.6 Å². The third kappa shape index (κ3) is 5.77. The molecule has 0 rings (SSSR count). The molecule has 0 aromatic rings. The molecule has 1 N–H and O–H groups in total. The molecule has 0 amide bonds. The Morgan fingerprint density at radius 2 is 1.71 bits per heavy atom. The molecule has 0 saturated heterocycles. The van der Waals surface area contributed by atoms with Gasteiger partial charge in [-0.3, -0.25) is 4.99 Å². The van der Waals surface area contributed by atoms with Crippen molar-refractivity contribution < 1.29 is 9.84 Å². The molecule has 0 spiro atoms. The van der Waals surface area contributed by atoms with Crippen LogP contribution in [0.5, 0.6) is 0 Å². The highest BCUT2D eigenvalue weighted by molar-refractivity contribution is 5.79. The summed E-state index contributed by atoms with van der Waals surface area (Å²) in [6, 6.07) is 0. The van der Waals surface area contributed by atoms with Crippen LogP contribution in [-0.2, 0) is 4.74 Å². The number of ether oxygens (including phenoxy) is 1. The van der Waals surface area contributed by atoms with E-state index in [1.54, 1.807) is 0 Å². The van der Waals surface area contributed by atoms with Crippen molar-refractivity contribution in [3.8, 4) is 0 Å². The molecule has 0 fully saturated rings. The van der Waals surface area contributed by atoms with Crippen molar-refractivity contribution in [3.05, 3.63) is 0 Å². The van der Waals surface area contributed by atoms with E-state index in [1.807, 2.05) is 38.0 Å². The lowest BCUT2D eigenvalue weighted by Crippen LogP contribution is -2.35. The molecule has 14 heavy (non-hydrogen) atoms. The van der Waals surface area contributed by atoms with Gasteiger partial charge in [0.05, 0.1) is 26.4 Å². The van der Waals surface area contributed by atoms with E-state index in [9.17, 15) is 0 Å². The van der Waals surface area contributed by atoms with Crippen molar-refractivity contribution in [2.75, 3.05) is 54.6 Å². The third-order valence-electron chi connectivity index (χ3n) is 1.52. The first-order chi connectivity index (χ1) is 6.59. The number of rotatable bonds is 5. The van der Waals surface area contributed by atoms with Crippen molar-refractivity contribution in [2.24, 2.45) is 4.99 Å². The van der Waals surface area contributed by atoms with E-state index in [1.165, 1.54) is 0 Å². The van der Waals surface area contributed by atoms with Crippen LogP contribution in [0.25, 0.3) is 0 Å². The fraction of sp³-hybridized carbons (Fsp3) is 0.889. The maximum atomic E-state index is 8.47. The number of guanidine groups is 1. The van der Waals surface area contributed by atoms with Gasteiger partial charge in [0.1, 0.15) is 0 Å². The quantitative estimate of drug-likeness (QED) is 0.371. The lowest BCUT2D eigenvalue weighted by atomic mass is 10.6. The van der Waals surface area contributed by atoms with Crippen LogP contribution >= 0.6 is 0 Å². The van der Waals surface area contributed by atoms with Crippen LogP contribution < -0.4 is 0 Å². The van der Waals surface area contributed by atoms with Gasteiger partial charge >= 0.3 is 0 Å². The van der Waals surface area contributed by atoms with Crippen LogP contribution in [0.3, 0.4) is 0 Å². The van der Waals surface area contributed by atoms with Gasteiger partial charge in [0.15, 0.2) is 5.96 Å². The molecule has 0 aromatic heterocycles. The minimum Gasteiger partial charge on any atom is -0.394 e. The van der Waals surface area contributed by atoms with Gasteiger partial charge in [0, 0.05) is 28.2 Å². The number of hydrogen-bond donors (Lipinski definition) is 1. The molecule has 0 atom stereocenters. The van der Waals surface area contributed by atoms with Crippen LogP contribution in [0.2, 0.25) is 0 Å². The highest BCUT2D eigenvalue weighted by atomic mass is 16.5. The van der Waals surface area contributed by atoms with Crippen molar-refractivity contribution in [1.29, 1.82) is 0 Å². The fourth-order valence-electron chi connectivity index (χ4n) is 1.06. The standard InChI is InChI=1S/C9H21N3O2/c1-11(2)9(12(3)4)10-5-7-14-8-6-13/h13H,5-8H2,1-4H3. The van der Waals surface area contributed by atoms with Gasteiger partial charge in [-0.1, -0.05) is 0 Å². The molecule has 0 aliphatic carbocycles. The highest BCUT2D eigenvalue weighted by Gasteiger charge is 2.02. The summed E-state index contributed by atoms with van der Waals surface area (Å²) in [4.78, 5) is 8.26. The predicted octanol–water partition coefficient (Wildman–Crippen LogP) is -0.525. The van der Waals surface area contributed by atoms with Crippen LogP contribution in [-0.4, -0.2) is 75.4 Å². The summed E-state index contributed by atoms with van der Waals surface area (Å²) < 4.78 is 5.10. The van der Waals surface area contributed by atoms with Crippen LogP contribution in [0.15, 0.2) is 4.99 Å². The molecule has 0 aliphatic heterocycles. The van der Waals surface area contributed by atoms with Crippen molar-refractivity contribution >= 4 is 5.96 Å². The Hall–Kier alpha value is -0.810. The summed E-state index contributed by atoms with van der Waals surface area (Å²) in [7, 11) is 7.81. The Bertz CT molecular complexity index is 159. The van der Waals surface area contributed by atoms with E-state index < -0.39 is 0 Å². The highest BCUT2D eigenvalue weighted by Crippen LogP contribution is 1.89. The summed E-state index contributed by atoms with van der Waals surface area (Å²) in [5.74, 6) is 0.914. The number of aliphatic hydroxyl groups excluding tert-OH is 1. The Kier molecular flexibility index (Phi) is 7.14. The maximum absolute atomic E-state index is 8.47. The summed E-state index contributed by atoms with van der Waals surface area (Å²) in [5, 5.41) is 8.47. The molecular formula is C9H21N3O2. The first-order valence-electron chi connectivity index (χ1n) is 4.67. The molecule has 0 aromatic carbocycles. The van der Waals surface area contributed by atoms with Crippen molar-refractivity contribution in [1.82, 2.24) is 9.80 Å². The molecule has 0 aliphatic rings. The molecule has 5 nitrogen and oxygen atoms in total. The van der Waals surface area contributed by atoms with E-state index in [0.717, 1.165) is 5.96 Å². The number of aliphatic hydroxyl groups is 1. The van der Waals surface area contributed by atoms with E-state index in [0.29, 0.717) is 19.8 Å². The van der Waals surface area contributed by atoms with Gasteiger partial charge in [-0.15, -0.1) is 0 Å². The zero-order valence-corrected chi connectivity index (χ0v) is 9.53. The summed E-state index contributed by atoms with van der Waals surface area (Å²) in [6.07, 6.45) is 0. The Morgan fingerprint density at radius 1 is 1.14 bits per heavy atom. The van der Waals surface area contributed by atoms with Gasteiger partial charge in [0.25, 0.3) is 0 Å². The molecule has 0 saturated carbocycles.